The van der Waals surface area contributed by atoms with Crippen molar-refractivity contribution in [2.45, 2.75) is 114 Å². The van der Waals surface area contributed by atoms with E-state index in [0.29, 0.717) is 0 Å². The molecule has 0 bridgehead atoms. The van der Waals surface area contributed by atoms with Crippen LogP contribution in [-0.4, -0.2) is 186 Å². The van der Waals surface area contributed by atoms with Gasteiger partial charge in [-0.1, -0.05) is 13.8 Å². The van der Waals surface area contributed by atoms with Gasteiger partial charge in [0, 0.05) is 26.2 Å². The molecule has 0 aliphatic heterocycles. The Labute approximate surface area is 403 Å². The number of aliphatic imine (C=N–C) groups is 4. The molecule has 0 saturated heterocycles. The Morgan fingerprint density at radius 1 is 0.400 bits per heavy atom. The lowest BCUT2D eigenvalue weighted by Crippen LogP contribution is -2.61. The number of nitrogens with zero attached hydrogens (tertiary/aromatic N) is 4. The molecule has 0 radical (unpaired) electrons. The molecule has 70 heavy (non-hydrogen) atoms. The van der Waals surface area contributed by atoms with E-state index in [1.54, 1.807) is 13.8 Å². The Kier molecular flexibility index (Phi) is 30.5. The molecule has 0 spiro atoms. The number of carboxylic acid groups (broad SMARTS) is 1. The van der Waals surface area contributed by atoms with Crippen molar-refractivity contribution in [3.63, 3.8) is 0 Å². The van der Waals surface area contributed by atoms with Gasteiger partial charge in [-0.15, -0.1) is 0 Å². The third-order valence-corrected chi connectivity index (χ3v) is 9.71. The number of aliphatic carboxylic acids is 1. The lowest BCUT2D eigenvalue weighted by molar-refractivity contribution is -0.142. The monoisotopic (exact) mass is 1000 g/mol. The summed E-state index contributed by atoms with van der Waals surface area (Å²) >= 11 is 0. The summed E-state index contributed by atoms with van der Waals surface area (Å²) in [6.45, 7) is 0.367. The minimum Gasteiger partial charge on any atom is -0.480 e. The highest BCUT2D eigenvalue weighted by atomic mass is 16.4. The summed E-state index contributed by atoms with van der Waals surface area (Å²) < 4.78 is 0. The molecule has 0 aromatic carbocycles. The van der Waals surface area contributed by atoms with E-state index in [1.807, 2.05) is 0 Å². The van der Waals surface area contributed by atoms with E-state index in [4.69, 9.17) is 51.6 Å². The van der Waals surface area contributed by atoms with E-state index in [1.165, 1.54) is 0 Å². The van der Waals surface area contributed by atoms with E-state index in [0.717, 1.165) is 0 Å². The first-order valence-electron chi connectivity index (χ1n) is 22.0. The zero-order valence-electron chi connectivity index (χ0n) is 39.3. The number of hydrogen-bond donors (Lipinski definition) is 20. The average molecular weight is 1000 g/mol. The van der Waals surface area contributed by atoms with E-state index in [-0.39, 0.29) is 101 Å². The highest BCUT2D eigenvalue weighted by Crippen LogP contribution is 2.09. The summed E-state index contributed by atoms with van der Waals surface area (Å²) in [5.74, 6) is -10.0. The average Bonchev–Trinajstić information content (AvgIpc) is 3.28. The van der Waals surface area contributed by atoms with Crippen molar-refractivity contribution in [3.8, 4) is 0 Å². The minimum atomic E-state index is -1.75. The van der Waals surface area contributed by atoms with Crippen molar-refractivity contribution in [2.24, 2.45) is 77.5 Å². The molecule has 398 valence electrons. The fraction of sp³-hybridized carbons (Fsp3) is 0.684. The van der Waals surface area contributed by atoms with Gasteiger partial charge in [0.2, 0.25) is 41.4 Å². The summed E-state index contributed by atoms with van der Waals surface area (Å²) in [4.78, 5) is 121. The number of carboxylic acids is 1. The van der Waals surface area contributed by atoms with Crippen molar-refractivity contribution in [3.05, 3.63) is 0 Å². The lowest BCUT2D eigenvalue weighted by atomic mass is 10.0. The van der Waals surface area contributed by atoms with Gasteiger partial charge in [0.15, 0.2) is 23.8 Å². The van der Waals surface area contributed by atoms with Crippen LogP contribution in [0.5, 0.6) is 0 Å². The number of guanidine groups is 4. The third kappa shape index (κ3) is 26.3. The van der Waals surface area contributed by atoms with Gasteiger partial charge in [-0.3, -0.25) is 53.5 Å². The normalized spacial score (nSPS) is 14.2. The predicted octanol–water partition coefficient (Wildman–Crippen LogP) is -10.4. The van der Waals surface area contributed by atoms with E-state index in [9.17, 15) is 58.8 Å². The third-order valence-electron chi connectivity index (χ3n) is 9.71. The number of hydrogen-bond acceptors (Lipinski definition) is 16. The van der Waals surface area contributed by atoms with Crippen LogP contribution in [0.3, 0.4) is 0 Å². The summed E-state index contributed by atoms with van der Waals surface area (Å²) in [5, 5.41) is 56.0. The van der Waals surface area contributed by atoms with Crippen molar-refractivity contribution in [1.82, 2.24) is 37.2 Å². The highest BCUT2D eigenvalue weighted by molar-refractivity contribution is 5.97. The summed E-state index contributed by atoms with van der Waals surface area (Å²) in [6.07, 6.45) is -0.156. The first-order chi connectivity index (χ1) is 32.9. The zero-order chi connectivity index (χ0) is 53.5. The fourth-order valence-electron chi connectivity index (χ4n) is 5.97. The Hall–Kier alpha value is -7.32. The molecule has 0 aliphatic rings. The van der Waals surface area contributed by atoms with Gasteiger partial charge in [-0.05, 0) is 57.3 Å². The summed E-state index contributed by atoms with van der Waals surface area (Å²) in [7, 11) is 0. The number of carbonyl (C=O) groups excluding carboxylic acids is 7. The van der Waals surface area contributed by atoms with Crippen LogP contribution < -0.4 is 88.8 Å². The van der Waals surface area contributed by atoms with Crippen molar-refractivity contribution in [2.75, 3.05) is 46.0 Å². The number of aliphatic hydroxyl groups excluding tert-OH is 3. The first kappa shape index (κ1) is 62.7. The maximum absolute atomic E-state index is 14.0. The van der Waals surface area contributed by atoms with Crippen molar-refractivity contribution < 1.29 is 58.8 Å². The number of nitrogens with one attached hydrogen (secondary N) is 7. The maximum Gasteiger partial charge on any atom is 0.326 e. The molecule has 0 heterocycles. The molecule has 29 N–H and O–H groups in total. The van der Waals surface area contributed by atoms with Crippen LogP contribution in [0.15, 0.2) is 20.0 Å². The summed E-state index contributed by atoms with van der Waals surface area (Å²) in [6, 6.07) is -12.0. The first-order valence-corrected chi connectivity index (χ1v) is 22.0. The topological polar surface area (TPSA) is 585 Å². The van der Waals surface area contributed by atoms with Crippen molar-refractivity contribution in [1.29, 1.82) is 0 Å². The second-order valence-corrected chi connectivity index (χ2v) is 15.9. The van der Waals surface area contributed by atoms with Crippen LogP contribution in [-0.2, 0) is 38.4 Å². The predicted molar refractivity (Wildman–Crippen MR) is 255 cm³/mol. The number of aliphatic hydroxyl groups is 3. The van der Waals surface area contributed by atoms with Crippen LogP contribution in [0.2, 0.25) is 0 Å². The quantitative estimate of drug-likeness (QED) is 0.0159. The van der Waals surface area contributed by atoms with Gasteiger partial charge in [0.25, 0.3) is 0 Å². The van der Waals surface area contributed by atoms with E-state index < -0.39 is 121 Å². The SMILES string of the molecule is CC(C)C(NC(=O)C(CCCN=C(N)N)NC(=O)C(N)CO)C(=O)NC(CO)C(=O)NC(CCCN=C(N)N)C(=O)NC(CCCN=C(N)N)C(=O)NC(CO)C(=O)NC(CCCN=C(N)N)C(=O)O. The number of rotatable bonds is 35. The summed E-state index contributed by atoms with van der Waals surface area (Å²) in [5.41, 5.74) is 48.6. The van der Waals surface area contributed by atoms with Gasteiger partial charge < -0.3 is 109 Å². The van der Waals surface area contributed by atoms with Gasteiger partial charge in [-0.25, -0.2) is 4.79 Å². The molecule has 0 aliphatic carbocycles. The van der Waals surface area contributed by atoms with Crippen LogP contribution in [0, 0.1) is 5.92 Å². The molecule has 0 aromatic heterocycles. The molecule has 32 nitrogen and oxygen atoms in total. The molecule has 8 atom stereocenters. The smallest absolute Gasteiger partial charge is 0.326 e. The Morgan fingerprint density at radius 2 is 0.671 bits per heavy atom. The number of nitrogens with two attached hydrogens (primary N) is 9. The maximum atomic E-state index is 14.0. The van der Waals surface area contributed by atoms with Gasteiger partial charge >= 0.3 is 5.97 Å². The Bertz CT molecular complexity index is 1840. The van der Waals surface area contributed by atoms with Crippen molar-refractivity contribution >= 4 is 71.2 Å². The minimum absolute atomic E-state index is 0.0347. The molecular weight excluding hydrogens is 929 g/mol. The number of carbonyl (C=O) groups is 8. The van der Waals surface area contributed by atoms with Gasteiger partial charge in [0.1, 0.15) is 48.3 Å². The molecule has 0 rings (SSSR count). The van der Waals surface area contributed by atoms with Crippen LogP contribution in [0.25, 0.3) is 0 Å². The van der Waals surface area contributed by atoms with E-state index in [2.05, 4.69) is 57.2 Å². The van der Waals surface area contributed by atoms with Gasteiger partial charge in [0.05, 0.1) is 19.8 Å². The molecule has 7 amide bonds. The molecule has 0 saturated carbocycles. The van der Waals surface area contributed by atoms with E-state index >= 15 is 0 Å². The highest BCUT2D eigenvalue weighted by Gasteiger charge is 2.35. The Balaban J connectivity index is 6.53. The largest absolute Gasteiger partial charge is 0.480 e. The second-order valence-electron chi connectivity index (χ2n) is 15.9. The fourth-order valence-corrected chi connectivity index (χ4v) is 5.97. The van der Waals surface area contributed by atoms with Gasteiger partial charge in [-0.2, -0.15) is 0 Å². The molecule has 8 unspecified atom stereocenters. The number of amides is 7. The van der Waals surface area contributed by atoms with Crippen LogP contribution >= 0.6 is 0 Å². The molecule has 0 fully saturated rings. The van der Waals surface area contributed by atoms with Crippen LogP contribution in [0.1, 0.15) is 65.2 Å². The van der Waals surface area contributed by atoms with Crippen LogP contribution in [0.4, 0.5) is 0 Å². The second kappa shape index (κ2) is 34.0. The molecule has 32 heteroatoms. The lowest BCUT2D eigenvalue weighted by Gasteiger charge is -2.28. The molecular formula is C38H74N20O12. The zero-order valence-corrected chi connectivity index (χ0v) is 39.3. The standard InChI is InChI=1S/C38H74N20O12/c1-18(2)26(58-30(65)22(9-5-13-50-37(44)45)52-27(62)19(39)15-59)33(68)57-25(17-61)31(66)54-20(7-3-11-48-35(40)41)28(63)53-21(8-4-12-49-36(42)43)29(64)56-24(16-60)32(67)55-23(34(69)70)10-6-14-51-38(46)47/h18-26,59-61H,3-17,39H2,1-2H3,(H,52,62)(H,53,63)(H,54,66)(H,55,67)(H,56,64)(H,57,68)(H,58,65)(H,69,70)(H4,40,41,48)(H4,42,43,49)(H4,44,45,50)(H4,46,47,51). The Morgan fingerprint density at radius 3 is 0.971 bits per heavy atom. The molecule has 0 aromatic rings.